The zero-order valence-corrected chi connectivity index (χ0v) is 10.0. The molecule has 18 heavy (non-hydrogen) atoms. The van der Waals surface area contributed by atoms with Gasteiger partial charge in [-0.25, -0.2) is 13.8 Å². The Morgan fingerprint density at radius 1 is 1.33 bits per heavy atom. The summed E-state index contributed by atoms with van der Waals surface area (Å²) < 4.78 is 44.9. The number of aromatic nitrogens is 1. The average molecular weight is 275 g/mol. The lowest BCUT2D eigenvalue weighted by Gasteiger charge is -2.07. The Kier molecular flexibility index (Phi) is 3.53. The van der Waals surface area contributed by atoms with E-state index in [0.717, 1.165) is 18.4 Å². The minimum Gasteiger partial charge on any atom is -0.491 e. The fourth-order valence-electron chi connectivity index (χ4n) is 1.42. The van der Waals surface area contributed by atoms with Crippen LogP contribution in [-0.2, 0) is 6.61 Å². The van der Waals surface area contributed by atoms with E-state index in [1.165, 1.54) is 6.20 Å². The van der Waals surface area contributed by atoms with E-state index in [1.807, 2.05) is 0 Å². The quantitative estimate of drug-likeness (QED) is 0.876. The molecule has 0 unspecified atom stereocenters. The molecule has 0 aliphatic heterocycles. The van der Waals surface area contributed by atoms with E-state index < -0.39 is 23.2 Å². The monoisotopic (exact) mass is 275 g/mol. The molecule has 0 saturated heterocycles. The molecule has 7 heteroatoms. The topological polar surface area (TPSA) is 42.4 Å². The van der Waals surface area contributed by atoms with Crippen molar-refractivity contribution in [1.29, 1.82) is 0 Å². The summed E-state index contributed by atoms with van der Waals surface area (Å²) >= 11 is 0.988. The first-order chi connectivity index (χ1) is 8.58. The maximum atomic E-state index is 13.9. The Hall–Kier alpha value is -1.60. The van der Waals surface area contributed by atoms with Crippen LogP contribution in [0.15, 0.2) is 12.3 Å². The van der Waals surface area contributed by atoms with E-state index in [-0.39, 0.29) is 17.2 Å². The van der Waals surface area contributed by atoms with Crippen LogP contribution in [0.5, 0.6) is 5.75 Å². The maximum absolute atomic E-state index is 13.9. The predicted molar refractivity (Wildman–Crippen MR) is 59.9 cm³/mol. The van der Waals surface area contributed by atoms with Crippen LogP contribution in [0.3, 0.4) is 0 Å². The number of hydrogen-bond acceptors (Lipinski definition) is 4. The predicted octanol–water partition coefficient (Wildman–Crippen LogP) is 2.73. The normalized spacial score (nSPS) is 10.7. The second kappa shape index (κ2) is 4.95. The largest absolute Gasteiger partial charge is 0.491 e. The summed E-state index contributed by atoms with van der Waals surface area (Å²) in [6, 6.07) is 0.715. The standard InChI is InChI=1S/C11H8F3NO2S/c1-17-10-8(13)6(2-7(12)9(10)14)11-15-3-5(4-16)18-11/h2-3,16H,4H2,1H3. The summed E-state index contributed by atoms with van der Waals surface area (Å²) in [5.74, 6) is -4.40. The van der Waals surface area contributed by atoms with Crippen LogP contribution in [-0.4, -0.2) is 17.2 Å². The second-order valence-electron chi connectivity index (χ2n) is 3.36. The Morgan fingerprint density at radius 2 is 2.06 bits per heavy atom. The highest BCUT2D eigenvalue weighted by Crippen LogP contribution is 2.35. The first-order valence-electron chi connectivity index (χ1n) is 4.86. The zero-order chi connectivity index (χ0) is 13.3. The van der Waals surface area contributed by atoms with Gasteiger partial charge in [-0.1, -0.05) is 0 Å². The molecular formula is C11H8F3NO2S. The highest BCUT2D eigenvalue weighted by molar-refractivity contribution is 7.15. The number of thiazole rings is 1. The van der Waals surface area contributed by atoms with Crippen LogP contribution >= 0.6 is 11.3 Å². The van der Waals surface area contributed by atoms with E-state index in [2.05, 4.69) is 9.72 Å². The molecule has 0 amide bonds. The van der Waals surface area contributed by atoms with Crippen LogP contribution in [0, 0.1) is 17.5 Å². The number of ether oxygens (including phenoxy) is 1. The molecule has 0 aliphatic carbocycles. The van der Waals surface area contributed by atoms with Crippen LogP contribution in [0.25, 0.3) is 10.6 Å². The minimum atomic E-state index is -1.38. The Bertz CT molecular complexity index is 586. The molecule has 2 aromatic rings. The lowest BCUT2D eigenvalue weighted by Crippen LogP contribution is -1.98. The molecule has 1 aromatic heterocycles. The number of aliphatic hydroxyl groups is 1. The smallest absolute Gasteiger partial charge is 0.203 e. The fraction of sp³-hybridized carbons (Fsp3) is 0.182. The number of methoxy groups -OCH3 is 1. The van der Waals surface area contributed by atoms with Gasteiger partial charge in [-0.3, -0.25) is 0 Å². The molecule has 0 fully saturated rings. The van der Waals surface area contributed by atoms with Crippen molar-refractivity contribution in [3.8, 4) is 16.3 Å². The van der Waals surface area contributed by atoms with Crippen LogP contribution < -0.4 is 4.74 Å². The van der Waals surface area contributed by atoms with Crippen molar-refractivity contribution in [3.63, 3.8) is 0 Å². The molecule has 0 aliphatic rings. The molecule has 1 aromatic carbocycles. The number of nitrogens with zero attached hydrogens (tertiary/aromatic N) is 1. The van der Waals surface area contributed by atoms with Crippen molar-refractivity contribution >= 4 is 11.3 Å². The lowest BCUT2D eigenvalue weighted by atomic mass is 10.2. The Morgan fingerprint density at radius 3 is 2.61 bits per heavy atom. The van der Waals surface area contributed by atoms with Crippen molar-refractivity contribution in [1.82, 2.24) is 4.98 Å². The van der Waals surface area contributed by atoms with Crippen molar-refractivity contribution in [2.45, 2.75) is 6.61 Å². The Labute approximate surface area is 104 Å². The van der Waals surface area contributed by atoms with Gasteiger partial charge in [0.15, 0.2) is 17.4 Å². The molecule has 0 spiro atoms. The van der Waals surface area contributed by atoms with Crippen molar-refractivity contribution in [2.75, 3.05) is 7.11 Å². The summed E-state index contributed by atoms with van der Waals surface area (Å²) in [5, 5.41) is 9.03. The average Bonchev–Trinajstić information content (AvgIpc) is 2.83. The molecule has 1 N–H and O–H groups in total. The van der Waals surface area contributed by atoms with Crippen LogP contribution in [0.1, 0.15) is 4.88 Å². The molecule has 2 rings (SSSR count). The lowest BCUT2D eigenvalue weighted by molar-refractivity contribution is 0.285. The van der Waals surface area contributed by atoms with Crippen molar-refractivity contribution < 1.29 is 23.0 Å². The van der Waals surface area contributed by atoms with E-state index >= 15 is 0 Å². The zero-order valence-electron chi connectivity index (χ0n) is 9.21. The molecule has 1 heterocycles. The number of rotatable bonds is 3. The second-order valence-corrected chi connectivity index (χ2v) is 4.47. The third-order valence-electron chi connectivity index (χ3n) is 2.26. The molecule has 96 valence electrons. The summed E-state index contributed by atoms with van der Waals surface area (Å²) in [6.07, 6.45) is 1.34. The van der Waals surface area contributed by atoms with Gasteiger partial charge < -0.3 is 9.84 Å². The first kappa shape index (κ1) is 12.8. The number of benzene rings is 1. The van der Waals surface area contributed by atoms with Crippen molar-refractivity contribution in [2.24, 2.45) is 0 Å². The fourth-order valence-corrected chi connectivity index (χ4v) is 2.20. The van der Waals surface area contributed by atoms with Gasteiger partial charge in [0.05, 0.1) is 24.2 Å². The van der Waals surface area contributed by atoms with Gasteiger partial charge in [0.1, 0.15) is 5.01 Å². The summed E-state index contributed by atoms with van der Waals surface area (Å²) in [7, 11) is 1.05. The molecule has 3 nitrogen and oxygen atoms in total. The molecule has 0 atom stereocenters. The van der Waals surface area contributed by atoms with Gasteiger partial charge in [0.25, 0.3) is 0 Å². The van der Waals surface area contributed by atoms with Gasteiger partial charge in [0, 0.05) is 6.20 Å². The number of hydrogen-bond donors (Lipinski definition) is 1. The third-order valence-corrected chi connectivity index (χ3v) is 3.28. The van der Waals surface area contributed by atoms with E-state index in [0.29, 0.717) is 10.9 Å². The summed E-state index contributed by atoms with van der Waals surface area (Å²) in [5.41, 5.74) is -0.199. The molecule has 0 saturated carbocycles. The van der Waals surface area contributed by atoms with E-state index in [4.69, 9.17) is 5.11 Å². The van der Waals surface area contributed by atoms with Gasteiger partial charge in [-0.2, -0.15) is 4.39 Å². The number of aliphatic hydroxyl groups excluding tert-OH is 1. The van der Waals surface area contributed by atoms with Crippen molar-refractivity contribution in [3.05, 3.63) is 34.6 Å². The van der Waals surface area contributed by atoms with Gasteiger partial charge in [-0.15, -0.1) is 11.3 Å². The highest BCUT2D eigenvalue weighted by Gasteiger charge is 2.22. The first-order valence-corrected chi connectivity index (χ1v) is 5.67. The summed E-state index contributed by atoms with van der Waals surface area (Å²) in [6.45, 7) is -0.250. The maximum Gasteiger partial charge on any atom is 0.203 e. The number of halogens is 3. The van der Waals surface area contributed by atoms with Gasteiger partial charge in [-0.05, 0) is 6.07 Å². The summed E-state index contributed by atoms with van der Waals surface area (Å²) in [4.78, 5) is 4.33. The van der Waals surface area contributed by atoms with Crippen LogP contribution in [0.4, 0.5) is 13.2 Å². The van der Waals surface area contributed by atoms with Gasteiger partial charge >= 0.3 is 0 Å². The molecule has 0 radical (unpaired) electrons. The third kappa shape index (κ3) is 2.06. The minimum absolute atomic E-state index is 0.147. The Balaban J connectivity index is 2.60. The van der Waals surface area contributed by atoms with E-state index in [1.54, 1.807) is 0 Å². The molecular weight excluding hydrogens is 267 g/mol. The van der Waals surface area contributed by atoms with Gasteiger partial charge in [0.2, 0.25) is 5.82 Å². The van der Waals surface area contributed by atoms with Crippen LogP contribution in [0.2, 0.25) is 0 Å². The van der Waals surface area contributed by atoms with E-state index in [9.17, 15) is 13.2 Å². The molecule has 0 bridgehead atoms. The SMILES string of the molecule is COc1c(F)c(F)cc(-c2ncc(CO)s2)c1F. The highest BCUT2D eigenvalue weighted by atomic mass is 32.1.